The Morgan fingerprint density at radius 1 is 1.50 bits per heavy atom. The number of hydrogen-bond acceptors (Lipinski definition) is 4. The van der Waals surface area contributed by atoms with Crippen molar-refractivity contribution in [2.24, 2.45) is 5.73 Å². The molecule has 0 aromatic heterocycles. The van der Waals surface area contributed by atoms with Gasteiger partial charge in [-0.15, -0.1) is 0 Å². The predicted octanol–water partition coefficient (Wildman–Crippen LogP) is 0.164. The van der Waals surface area contributed by atoms with Gasteiger partial charge in [-0.05, 0) is 26.2 Å². The minimum atomic E-state index is -3.13. The molecule has 1 heterocycles. The molecule has 0 aromatic rings. The number of methoxy groups -OCH3 is 1. The minimum absolute atomic E-state index is 0.0243. The molecule has 2 N–H and O–H groups in total. The van der Waals surface area contributed by atoms with E-state index in [1.165, 1.54) is 0 Å². The van der Waals surface area contributed by atoms with Crippen molar-refractivity contribution in [1.29, 1.82) is 0 Å². The van der Waals surface area contributed by atoms with Gasteiger partial charge in [0, 0.05) is 32.3 Å². The van der Waals surface area contributed by atoms with Crippen LogP contribution in [-0.4, -0.2) is 50.8 Å². The standard InChI is InChI=1S/C10H22N2O3S/c1-9-8-10(11)4-5-12(9)16(13,14)7-3-6-15-2/h9-10H,3-8,11H2,1-2H3. The number of rotatable bonds is 5. The third-order valence-corrected chi connectivity index (χ3v) is 5.03. The Morgan fingerprint density at radius 3 is 2.75 bits per heavy atom. The molecule has 0 aliphatic carbocycles. The number of nitrogens with two attached hydrogens (primary N) is 1. The molecule has 0 radical (unpaired) electrons. The summed E-state index contributed by atoms with van der Waals surface area (Å²) in [7, 11) is -1.55. The molecule has 1 rings (SSSR count). The zero-order chi connectivity index (χ0) is 12.2. The van der Waals surface area contributed by atoms with Crippen LogP contribution in [0.25, 0.3) is 0 Å². The van der Waals surface area contributed by atoms with Gasteiger partial charge >= 0.3 is 0 Å². The Hall–Kier alpha value is -0.170. The molecule has 16 heavy (non-hydrogen) atoms. The van der Waals surface area contributed by atoms with E-state index in [0.29, 0.717) is 19.6 Å². The van der Waals surface area contributed by atoms with Gasteiger partial charge in [-0.25, -0.2) is 8.42 Å². The van der Waals surface area contributed by atoms with Crippen molar-refractivity contribution < 1.29 is 13.2 Å². The van der Waals surface area contributed by atoms with Crippen LogP contribution in [0, 0.1) is 0 Å². The summed E-state index contributed by atoms with van der Waals surface area (Å²) in [6, 6.07) is 0.164. The van der Waals surface area contributed by atoms with Crippen LogP contribution in [0.4, 0.5) is 0 Å². The first-order valence-electron chi connectivity index (χ1n) is 5.71. The first-order valence-corrected chi connectivity index (χ1v) is 7.32. The first kappa shape index (κ1) is 13.9. The van der Waals surface area contributed by atoms with Crippen molar-refractivity contribution in [3.8, 4) is 0 Å². The van der Waals surface area contributed by atoms with E-state index in [1.807, 2.05) is 6.92 Å². The van der Waals surface area contributed by atoms with E-state index in [4.69, 9.17) is 10.5 Å². The second-order valence-corrected chi connectivity index (χ2v) is 6.45. The zero-order valence-electron chi connectivity index (χ0n) is 10.1. The molecule has 6 heteroatoms. The van der Waals surface area contributed by atoms with E-state index in [1.54, 1.807) is 11.4 Å². The summed E-state index contributed by atoms with van der Waals surface area (Å²) in [5.41, 5.74) is 5.81. The summed E-state index contributed by atoms with van der Waals surface area (Å²) in [5, 5.41) is 0. The van der Waals surface area contributed by atoms with Gasteiger partial charge in [0.2, 0.25) is 10.0 Å². The highest BCUT2D eigenvalue weighted by atomic mass is 32.2. The lowest BCUT2D eigenvalue weighted by atomic mass is 10.0. The van der Waals surface area contributed by atoms with Crippen molar-refractivity contribution >= 4 is 10.0 Å². The second kappa shape index (κ2) is 5.95. The van der Waals surface area contributed by atoms with Crippen LogP contribution in [0.15, 0.2) is 0 Å². The molecule has 96 valence electrons. The molecule has 1 aliphatic heterocycles. The maximum atomic E-state index is 12.0. The van der Waals surface area contributed by atoms with E-state index < -0.39 is 10.0 Å². The number of hydrogen-bond donors (Lipinski definition) is 1. The smallest absolute Gasteiger partial charge is 0.214 e. The van der Waals surface area contributed by atoms with Crippen molar-refractivity contribution in [1.82, 2.24) is 4.31 Å². The number of piperidine rings is 1. The molecule has 0 spiro atoms. The van der Waals surface area contributed by atoms with Crippen LogP contribution in [0.1, 0.15) is 26.2 Å². The Kier molecular flexibility index (Phi) is 5.17. The third kappa shape index (κ3) is 3.69. The maximum absolute atomic E-state index is 12.0. The van der Waals surface area contributed by atoms with Crippen LogP contribution >= 0.6 is 0 Å². The molecule has 0 bridgehead atoms. The summed E-state index contributed by atoms with van der Waals surface area (Å²) >= 11 is 0. The Balaban J connectivity index is 2.54. The fourth-order valence-electron chi connectivity index (χ4n) is 2.10. The molecule has 2 atom stereocenters. The van der Waals surface area contributed by atoms with Crippen LogP contribution in [-0.2, 0) is 14.8 Å². The van der Waals surface area contributed by atoms with Gasteiger partial charge in [0.15, 0.2) is 0 Å². The van der Waals surface area contributed by atoms with Gasteiger partial charge in [-0.3, -0.25) is 0 Å². The lowest BCUT2D eigenvalue weighted by Gasteiger charge is -2.35. The van der Waals surface area contributed by atoms with Gasteiger partial charge < -0.3 is 10.5 Å². The molecular weight excluding hydrogens is 228 g/mol. The van der Waals surface area contributed by atoms with E-state index in [2.05, 4.69) is 0 Å². The van der Waals surface area contributed by atoms with Crippen molar-refractivity contribution in [2.75, 3.05) is 26.0 Å². The average Bonchev–Trinajstić information content (AvgIpc) is 2.17. The molecule has 2 unspecified atom stereocenters. The van der Waals surface area contributed by atoms with Gasteiger partial charge in [0.05, 0.1) is 5.75 Å². The largest absolute Gasteiger partial charge is 0.385 e. The molecule has 1 aliphatic rings. The van der Waals surface area contributed by atoms with Gasteiger partial charge in [0.1, 0.15) is 0 Å². The van der Waals surface area contributed by atoms with Gasteiger partial charge in [-0.2, -0.15) is 4.31 Å². The van der Waals surface area contributed by atoms with E-state index in [-0.39, 0.29) is 17.8 Å². The van der Waals surface area contributed by atoms with Crippen LogP contribution in [0.2, 0.25) is 0 Å². The number of sulfonamides is 1. The van der Waals surface area contributed by atoms with Crippen molar-refractivity contribution in [2.45, 2.75) is 38.3 Å². The zero-order valence-corrected chi connectivity index (χ0v) is 10.9. The van der Waals surface area contributed by atoms with Crippen LogP contribution in [0.5, 0.6) is 0 Å². The highest BCUT2D eigenvalue weighted by Crippen LogP contribution is 2.20. The monoisotopic (exact) mass is 250 g/mol. The van der Waals surface area contributed by atoms with Crippen molar-refractivity contribution in [3.63, 3.8) is 0 Å². The fraction of sp³-hybridized carbons (Fsp3) is 1.00. The van der Waals surface area contributed by atoms with Gasteiger partial charge in [-0.1, -0.05) is 0 Å². The molecule has 0 amide bonds. The summed E-state index contributed by atoms with van der Waals surface area (Å²) in [5.74, 6) is 0.167. The SMILES string of the molecule is COCCCS(=O)(=O)N1CCC(N)CC1C. The first-order chi connectivity index (χ1) is 7.47. The second-order valence-electron chi connectivity index (χ2n) is 4.41. The van der Waals surface area contributed by atoms with E-state index >= 15 is 0 Å². The molecule has 0 aromatic carbocycles. The van der Waals surface area contributed by atoms with Gasteiger partial charge in [0.25, 0.3) is 0 Å². The lowest BCUT2D eigenvalue weighted by Crippen LogP contribution is -2.49. The van der Waals surface area contributed by atoms with E-state index in [0.717, 1.165) is 12.8 Å². The van der Waals surface area contributed by atoms with E-state index in [9.17, 15) is 8.42 Å². The quantitative estimate of drug-likeness (QED) is 0.706. The fourth-order valence-corrected chi connectivity index (χ4v) is 3.84. The molecular formula is C10H22N2O3S. The molecule has 0 saturated carbocycles. The molecule has 1 saturated heterocycles. The van der Waals surface area contributed by atoms with Crippen molar-refractivity contribution in [3.05, 3.63) is 0 Å². The topological polar surface area (TPSA) is 72.6 Å². The average molecular weight is 250 g/mol. The number of ether oxygens (including phenoxy) is 1. The van der Waals surface area contributed by atoms with Crippen LogP contribution in [0.3, 0.4) is 0 Å². The normalized spacial score (nSPS) is 28.2. The predicted molar refractivity (Wildman–Crippen MR) is 63.7 cm³/mol. The summed E-state index contributed by atoms with van der Waals surface area (Å²) in [6.07, 6.45) is 2.06. The summed E-state index contributed by atoms with van der Waals surface area (Å²) < 4.78 is 30.5. The summed E-state index contributed by atoms with van der Waals surface area (Å²) in [6.45, 7) is 2.96. The number of nitrogens with zero attached hydrogens (tertiary/aromatic N) is 1. The summed E-state index contributed by atoms with van der Waals surface area (Å²) in [4.78, 5) is 0. The lowest BCUT2D eigenvalue weighted by molar-refractivity contribution is 0.198. The Labute approximate surface area is 98.0 Å². The van der Waals surface area contributed by atoms with Crippen LogP contribution < -0.4 is 5.73 Å². The minimum Gasteiger partial charge on any atom is -0.385 e. The Morgan fingerprint density at radius 2 is 2.19 bits per heavy atom. The molecule has 1 fully saturated rings. The maximum Gasteiger partial charge on any atom is 0.214 e. The highest BCUT2D eigenvalue weighted by molar-refractivity contribution is 7.89. The third-order valence-electron chi connectivity index (χ3n) is 2.96. The highest BCUT2D eigenvalue weighted by Gasteiger charge is 2.31. The Bertz CT molecular complexity index is 305. The molecule has 5 nitrogen and oxygen atoms in total.